The number of benzene rings is 1. The Kier molecular flexibility index (Phi) is 5.83. The smallest absolute Gasteiger partial charge is 0.134 e. The first-order valence-corrected chi connectivity index (χ1v) is 7.95. The highest BCUT2D eigenvalue weighted by Crippen LogP contribution is 2.29. The second-order valence-electron chi connectivity index (χ2n) is 5.68. The van der Waals surface area contributed by atoms with E-state index in [4.69, 9.17) is 9.15 Å². The van der Waals surface area contributed by atoms with Crippen molar-refractivity contribution in [3.8, 4) is 0 Å². The molecule has 1 aromatic heterocycles. The van der Waals surface area contributed by atoms with Gasteiger partial charge in [0.2, 0.25) is 0 Å². The van der Waals surface area contributed by atoms with Crippen molar-refractivity contribution in [2.75, 3.05) is 13.7 Å². The molecule has 0 aliphatic carbocycles. The third kappa shape index (κ3) is 3.86. The summed E-state index contributed by atoms with van der Waals surface area (Å²) < 4.78 is 11.8. The lowest BCUT2D eigenvalue weighted by atomic mass is 10.0. The van der Waals surface area contributed by atoms with Crippen molar-refractivity contribution < 1.29 is 9.15 Å². The van der Waals surface area contributed by atoms with Gasteiger partial charge >= 0.3 is 0 Å². The van der Waals surface area contributed by atoms with E-state index in [-0.39, 0.29) is 12.1 Å². The first kappa shape index (κ1) is 16.1. The van der Waals surface area contributed by atoms with E-state index >= 15 is 0 Å². The number of methoxy groups -OCH3 is 1. The second kappa shape index (κ2) is 7.62. The minimum Gasteiger partial charge on any atom is -0.459 e. The molecular formula is C18H27NO2. The highest BCUT2D eigenvalue weighted by molar-refractivity contribution is 5.78. The van der Waals surface area contributed by atoms with Gasteiger partial charge in [0.25, 0.3) is 0 Å². The number of rotatable bonds is 8. The van der Waals surface area contributed by atoms with Crippen LogP contribution in [0.5, 0.6) is 0 Å². The topological polar surface area (TPSA) is 34.4 Å². The van der Waals surface area contributed by atoms with Gasteiger partial charge in [-0.2, -0.15) is 0 Å². The van der Waals surface area contributed by atoms with Gasteiger partial charge in [-0.1, -0.05) is 31.9 Å². The fourth-order valence-corrected chi connectivity index (χ4v) is 2.76. The average Bonchev–Trinajstić information content (AvgIpc) is 2.89. The molecule has 0 fully saturated rings. The second-order valence-corrected chi connectivity index (χ2v) is 5.68. The van der Waals surface area contributed by atoms with Crippen LogP contribution in [0.2, 0.25) is 0 Å². The third-order valence-corrected chi connectivity index (χ3v) is 3.86. The molecule has 2 atom stereocenters. The molecule has 1 heterocycles. The van der Waals surface area contributed by atoms with Crippen LogP contribution in [0, 0.1) is 6.92 Å². The highest BCUT2D eigenvalue weighted by Gasteiger charge is 2.25. The molecule has 2 aromatic rings. The van der Waals surface area contributed by atoms with Crippen molar-refractivity contribution in [2.24, 2.45) is 0 Å². The Morgan fingerprint density at radius 2 is 2.00 bits per heavy atom. The summed E-state index contributed by atoms with van der Waals surface area (Å²) in [4.78, 5) is 0. The van der Waals surface area contributed by atoms with Crippen LogP contribution in [-0.4, -0.2) is 19.8 Å². The molecule has 1 aromatic carbocycles. The monoisotopic (exact) mass is 289 g/mol. The number of hydrogen-bond acceptors (Lipinski definition) is 3. The average molecular weight is 289 g/mol. The first-order valence-electron chi connectivity index (χ1n) is 7.95. The van der Waals surface area contributed by atoms with E-state index < -0.39 is 0 Å². The van der Waals surface area contributed by atoms with Crippen molar-refractivity contribution in [2.45, 2.75) is 52.2 Å². The van der Waals surface area contributed by atoms with E-state index in [1.807, 2.05) is 6.07 Å². The summed E-state index contributed by atoms with van der Waals surface area (Å²) in [6, 6.07) is 8.57. The summed E-state index contributed by atoms with van der Waals surface area (Å²) in [5.74, 6) is 0.976. The SMILES string of the molecule is CCCNC(c1cc2cc(C)ccc2o1)C(CCC)OC. The predicted molar refractivity (Wildman–Crippen MR) is 87.7 cm³/mol. The first-order chi connectivity index (χ1) is 10.2. The molecule has 116 valence electrons. The van der Waals surface area contributed by atoms with Gasteiger partial charge in [0.15, 0.2) is 0 Å². The van der Waals surface area contributed by atoms with Gasteiger partial charge in [-0.05, 0) is 44.5 Å². The number of fused-ring (bicyclic) bond motifs is 1. The fourth-order valence-electron chi connectivity index (χ4n) is 2.76. The molecule has 0 amide bonds. The van der Waals surface area contributed by atoms with E-state index in [0.29, 0.717) is 0 Å². The van der Waals surface area contributed by atoms with Crippen molar-refractivity contribution >= 4 is 11.0 Å². The largest absolute Gasteiger partial charge is 0.459 e. The Bertz CT molecular complexity index is 561. The summed E-state index contributed by atoms with van der Waals surface area (Å²) in [5.41, 5.74) is 2.20. The summed E-state index contributed by atoms with van der Waals surface area (Å²) in [5, 5.41) is 4.74. The Morgan fingerprint density at radius 1 is 1.19 bits per heavy atom. The highest BCUT2D eigenvalue weighted by atomic mass is 16.5. The third-order valence-electron chi connectivity index (χ3n) is 3.86. The Labute approximate surface area is 127 Å². The van der Waals surface area contributed by atoms with E-state index in [1.54, 1.807) is 7.11 Å². The number of hydrogen-bond donors (Lipinski definition) is 1. The Morgan fingerprint density at radius 3 is 2.67 bits per heavy atom. The molecular weight excluding hydrogens is 262 g/mol. The van der Waals surface area contributed by atoms with Crippen LogP contribution < -0.4 is 5.32 Å². The summed E-state index contributed by atoms with van der Waals surface area (Å²) in [6.07, 6.45) is 3.36. The summed E-state index contributed by atoms with van der Waals surface area (Å²) in [6.45, 7) is 7.43. The van der Waals surface area contributed by atoms with Gasteiger partial charge < -0.3 is 14.5 Å². The molecule has 0 saturated carbocycles. The molecule has 1 N–H and O–H groups in total. The molecule has 3 heteroatoms. The summed E-state index contributed by atoms with van der Waals surface area (Å²) >= 11 is 0. The van der Waals surface area contributed by atoms with E-state index in [0.717, 1.165) is 37.2 Å². The number of nitrogens with one attached hydrogen (secondary N) is 1. The maximum absolute atomic E-state index is 6.07. The van der Waals surface area contributed by atoms with Crippen LogP contribution >= 0.6 is 0 Å². The predicted octanol–water partition coefficient (Wildman–Crippen LogP) is 4.60. The van der Waals surface area contributed by atoms with Crippen molar-refractivity contribution in [1.29, 1.82) is 0 Å². The number of furan rings is 1. The summed E-state index contributed by atoms with van der Waals surface area (Å²) in [7, 11) is 1.79. The van der Waals surface area contributed by atoms with Gasteiger partial charge in [0.05, 0.1) is 12.1 Å². The zero-order valence-electron chi connectivity index (χ0n) is 13.6. The van der Waals surface area contributed by atoms with Crippen LogP contribution in [-0.2, 0) is 4.74 Å². The molecule has 0 aliphatic heterocycles. The lowest BCUT2D eigenvalue weighted by Gasteiger charge is -2.25. The molecule has 0 spiro atoms. The van der Waals surface area contributed by atoms with Crippen molar-refractivity contribution in [1.82, 2.24) is 5.32 Å². The maximum Gasteiger partial charge on any atom is 0.134 e. The van der Waals surface area contributed by atoms with Crippen molar-refractivity contribution in [3.05, 3.63) is 35.6 Å². The van der Waals surface area contributed by atoms with Crippen LogP contribution in [0.25, 0.3) is 11.0 Å². The van der Waals surface area contributed by atoms with Crippen LogP contribution in [0.3, 0.4) is 0 Å². The van der Waals surface area contributed by atoms with E-state index in [2.05, 4.69) is 44.3 Å². The molecule has 0 aliphatic rings. The molecule has 0 radical (unpaired) electrons. The van der Waals surface area contributed by atoms with Gasteiger partial charge in [-0.3, -0.25) is 0 Å². The zero-order chi connectivity index (χ0) is 15.2. The van der Waals surface area contributed by atoms with Gasteiger partial charge in [0.1, 0.15) is 11.3 Å². The lowest BCUT2D eigenvalue weighted by molar-refractivity contribution is 0.0542. The molecule has 2 rings (SSSR count). The van der Waals surface area contributed by atoms with Crippen LogP contribution in [0.4, 0.5) is 0 Å². The number of aryl methyl sites for hydroxylation is 1. The normalized spacial score (nSPS) is 14.5. The minimum atomic E-state index is 0.114. The molecule has 21 heavy (non-hydrogen) atoms. The molecule has 3 nitrogen and oxygen atoms in total. The van der Waals surface area contributed by atoms with E-state index in [9.17, 15) is 0 Å². The zero-order valence-corrected chi connectivity index (χ0v) is 13.6. The molecule has 0 bridgehead atoms. The van der Waals surface area contributed by atoms with E-state index in [1.165, 1.54) is 10.9 Å². The lowest BCUT2D eigenvalue weighted by Crippen LogP contribution is -2.33. The fraction of sp³-hybridized carbons (Fsp3) is 0.556. The minimum absolute atomic E-state index is 0.114. The van der Waals surface area contributed by atoms with Crippen molar-refractivity contribution in [3.63, 3.8) is 0 Å². The molecule has 2 unspecified atom stereocenters. The van der Waals surface area contributed by atoms with Gasteiger partial charge in [-0.15, -0.1) is 0 Å². The maximum atomic E-state index is 6.07. The van der Waals surface area contributed by atoms with Crippen LogP contribution in [0.15, 0.2) is 28.7 Å². The van der Waals surface area contributed by atoms with Gasteiger partial charge in [-0.25, -0.2) is 0 Å². The molecule has 0 saturated heterocycles. The van der Waals surface area contributed by atoms with Gasteiger partial charge in [0, 0.05) is 12.5 Å². The van der Waals surface area contributed by atoms with Crippen LogP contribution in [0.1, 0.15) is 50.5 Å². The number of ether oxygens (including phenoxy) is 1. The Balaban J connectivity index is 2.32. The quantitative estimate of drug-likeness (QED) is 0.771. The Hall–Kier alpha value is -1.32. The standard InChI is InChI=1S/C18H27NO2/c1-5-7-16(20-4)18(19-10-6-2)17-12-14-11-13(3)8-9-15(14)21-17/h8-9,11-12,16,18-19H,5-7,10H2,1-4H3.